The van der Waals surface area contributed by atoms with Gasteiger partial charge in [-0.15, -0.1) is 0 Å². The SMILES string of the molecule is CCCCCCCCCCCCCCCCC(=O)OC[C@H](CO)OC(=O)CCCCCCCCCCC(C)C. The Kier molecular flexibility index (Phi) is 29.0. The van der Waals surface area contributed by atoms with Gasteiger partial charge in [0.2, 0.25) is 0 Å². The molecule has 0 radical (unpaired) electrons. The molecule has 1 atom stereocenters. The topological polar surface area (TPSA) is 72.8 Å². The van der Waals surface area contributed by atoms with Crippen LogP contribution in [0.4, 0.5) is 0 Å². The molecule has 0 saturated heterocycles. The van der Waals surface area contributed by atoms with Crippen molar-refractivity contribution in [2.45, 2.75) is 187 Å². The molecule has 1 N–H and O–H groups in total. The normalized spacial score (nSPS) is 12.1. The van der Waals surface area contributed by atoms with E-state index in [2.05, 4.69) is 20.8 Å². The lowest BCUT2D eigenvalue weighted by Crippen LogP contribution is -2.28. The van der Waals surface area contributed by atoms with E-state index in [4.69, 9.17) is 9.47 Å². The second-order valence-electron chi connectivity index (χ2n) is 12.1. The number of unbranched alkanes of at least 4 members (excludes halogenated alkanes) is 20. The third-order valence-electron chi connectivity index (χ3n) is 7.58. The smallest absolute Gasteiger partial charge is 0.306 e. The van der Waals surface area contributed by atoms with E-state index in [1.54, 1.807) is 0 Å². The lowest BCUT2D eigenvalue weighted by molar-refractivity contribution is -0.161. The minimum Gasteiger partial charge on any atom is -0.462 e. The monoisotopic (exact) mass is 554 g/mol. The quantitative estimate of drug-likeness (QED) is 0.0706. The Morgan fingerprint density at radius 1 is 0.564 bits per heavy atom. The molecule has 0 aliphatic rings. The fourth-order valence-corrected chi connectivity index (χ4v) is 4.97. The maximum atomic E-state index is 12.1. The fourth-order valence-electron chi connectivity index (χ4n) is 4.97. The zero-order valence-electron chi connectivity index (χ0n) is 26.3. The predicted molar refractivity (Wildman–Crippen MR) is 164 cm³/mol. The van der Waals surface area contributed by atoms with Crippen molar-refractivity contribution in [1.29, 1.82) is 0 Å². The number of hydrogen-bond donors (Lipinski definition) is 1. The van der Waals surface area contributed by atoms with Crippen molar-refractivity contribution < 1.29 is 24.2 Å². The zero-order valence-corrected chi connectivity index (χ0v) is 26.3. The molecule has 0 amide bonds. The molecule has 39 heavy (non-hydrogen) atoms. The van der Waals surface area contributed by atoms with Crippen LogP contribution in [0.15, 0.2) is 0 Å². The summed E-state index contributed by atoms with van der Waals surface area (Å²) in [4.78, 5) is 24.1. The van der Waals surface area contributed by atoms with E-state index in [1.165, 1.54) is 116 Å². The fraction of sp³-hybridized carbons (Fsp3) is 0.941. The van der Waals surface area contributed by atoms with Gasteiger partial charge in [-0.3, -0.25) is 9.59 Å². The minimum atomic E-state index is -0.761. The highest BCUT2D eigenvalue weighted by atomic mass is 16.6. The number of hydrogen-bond acceptors (Lipinski definition) is 5. The zero-order chi connectivity index (χ0) is 28.8. The van der Waals surface area contributed by atoms with Crippen molar-refractivity contribution >= 4 is 11.9 Å². The van der Waals surface area contributed by atoms with Crippen molar-refractivity contribution in [3.63, 3.8) is 0 Å². The molecule has 0 aromatic carbocycles. The molecule has 0 spiro atoms. The van der Waals surface area contributed by atoms with Crippen LogP contribution in [0, 0.1) is 5.92 Å². The molecule has 5 heteroatoms. The highest BCUT2D eigenvalue weighted by Crippen LogP contribution is 2.15. The van der Waals surface area contributed by atoms with E-state index >= 15 is 0 Å². The molecule has 0 heterocycles. The molecule has 0 aliphatic heterocycles. The van der Waals surface area contributed by atoms with Gasteiger partial charge in [-0.05, 0) is 18.8 Å². The van der Waals surface area contributed by atoms with Gasteiger partial charge in [0.05, 0.1) is 6.61 Å². The standard InChI is InChI=1S/C34H66O5/c1-4-5-6-7-8-9-10-11-12-13-14-18-21-24-27-33(36)38-30-32(29-35)39-34(37)28-25-22-19-16-15-17-20-23-26-31(2)3/h31-32,35H,4-30H2,1-3H3/t32-/m0/s1. The molecule has 232 valence electrons. The first-order valence-electron chi connectivity index (χ1n) is 17.0. The molecule has 0 saturated carbocycles. The van der Waals surface area contributed by atoms with Crippen molar-refractivity contribution in [1.82, 2.24) is 0 Å². The van der Waals surface area contributed by atoms with Crippen molar-refractivity contribution in [3.05, 3.63) is 0 Å². The van der Waals surface area contributed by atoms with Crippen LogP contribution in [0.25, 0.3) is 0 Å². The molecule has 0 fully saturated rings. The Labute approximate surface area is 242 Å². The van der Waals surface area contributed by atoms with E-state index in [9.17, 15) is 14.7 Å². The van der Waals surface area contributed by atoms with Crippen LogP contribution < -0.4 is 0 Å². The average molecular weight is 555 g/mol. The Morgan fingerprint density at radius 3 is 1.36 bits per heavy atom. The first kappa shape index (κ1) is 37.9. The van der Waals surface area contributed by atoms with Crippen molar-refractivity contribution in [2.24, 2.45) is 5.92 Å². The third kappa shape index (κ3) is 29.7. The predicted octanol–water partition coefficient (Wildman–Crippen LogP) is 9.86. The Bertz CT molecular complexity index is 534. The van der Waals surface area contributed by atoms with E-state index in [1.807, 2.05) is 0 Å². The first-order valence-corrected chi connectivity index (χ1v) is 17.0. The molecular weight excluding hydrogens is 488 g/mol. The van der Waals surface area contributed by atoms with E-state index in [-0.39, 0.29) is 25.2 Å². The van der Waals surface area contributed by atoms with Gasteiger partial charge in [-0.2, -0.15) is 0 Å². The highest BCUT2D eigenvalue weighted by Gasteiger charge is 2.16. The number of ether oxygens (including phenoxy) is 2. The largest absolute Gasteiger partial charge is 0.462 e. The number of aliphatic hydroxyl groups excluding tert-OH is 1. The maximum absolute atomic E-state index is 12.1. The highest BCUT2D eigenvalue weighted by molar-refractivity contribution is 5.70. The Balaban J connectivity index is 3.54. The number of carbonyl (C=O) groups excluding carboxylic acids is 2. The summed E-state index contributed by atoms with van der Waals surface area (Å²) >= 11 is 0. The third-order valence-corrected chi connectivity index (χ3v) is 7.58. The van der Waals surface area contributed by atoms with Gasteiger partial charge in [-0.25, -0.2) is 0 Å². The summed E-state index contributed by atoms with van der Waals surface area (Å²) in [5.41, 5.74) is 0. The molecule has 0 aromatic rings. The van der Waals surface area contributed by atoms with Gasteiger partial charge in [0.15, 0.2) is 6.10 Å². The van der Waals surface area contributed by atoms with Crippen LogP contribution in [0.2, 0.25) is 0 Å². The van der Waals surface area contributed by atoms with Crippen molar-refractivity contribution in [2.75, 3.05) is 13.2 Å². The number of aliphatic hydroxyl groups is 1. The van der Waals surface area contributed by atoms with Crippen LogP contribution >= 0.6 is 0 Å². The minimum absolute atomic E-state index is 0.0590. The van der Waals surface area contributed by atoms with Crippen LogP contribution in [0.3, 0.4) is 0 Å². The second-order valence-corrected chi connectivity index (χ2v) is 12.1. The van der Waals surface area contributed by atoms with Crippen LogP contribution in [0.1, 0.15) is 181 Å². The van der Waals surface area contributed by atoms with E-state index in [0.29, 0.717) is 12.8 Å². The molecular formula is C34H66O5. The molecule has 0 unspecified atom stereocenters. The van der Waals surface area contributed by atoms with Gasteiger partial charge < -0.3 is 14.6 Å². The summed E-state index contributed by atoms with van der Waals surface area (Å²) in [7, 11) is 0. The Morgan fingerprint density at radius 2 is 0.949 bits per heavy atom. The second kappa shape index (κ2) is 29.9. The Hall–Kier alpha value is -1.10. The molecule has 5 nitrogen and oxygen atoms in total. The van der Waals surface area contributed by atoms with Gasteiger partial charge in [0.25, 0.3) is 0 Å². The van der Waals surface area contributed by atoms with Gasteiger partial charge >= 0.3 is 11.9 Å². The molecule has 0 rings (SSSR count). The summed E-state index contributed by atoms with van der Waals surface area (Å²) in [6.07, 6.45) is 28.7. The first-order chi connectivity index (χ1) is 19.0. The van der Waals surface area contributed by atoms with Crippen LogP contribution in [-0.4, -0.2) is 36.4 Å². The summed E-state index contributed by atoms with van der Waals surface area (Å²) in [6, 6.07) is 0. The van der Waals surface area contributed by atoms with Crippen LogP contribution in [0.5, 0.6) is 0 Å². The van der Waals surface area contributed by atoms with Crippen molar-refractivity contribution in [3.8, 4) is 0 Å². The van der Waals surface area contributed by atoms with Gasteiger partial charge in [0.1, 0.15) is 6.61 Å². The molecule has 0 aliphatic carbocycles. The van der Waals surface area contributed by atoms with E-state index < -0.39 is 6.10 Å². The summed E-state index contributed by atoms with van der Waals surface area (Å²) in [5.74, 6) is 0.222. The van der Waals surface area contributed by atoms with Gasteiger partial charge in [-0.1, -0.05) is 156 Å². The van der Waals surface area contributed by atoms with Gasteiger partial charge in [0, 0.05) is 12.8 Å². The number of carbonyl (C=O) groups is 2. The lowest BCUT2D eigenvalue weighted by Gasteiger charge is -2.15. The summed E-state index contributed by atoms with van der Waals surface area (Å²) in [6.45, 7) is 6.44. The summed E-state index contributed by atoms with van der Waals surface area (Å²) in [5, 5.41) is 9.49. The summed E-state index contributed by atoms with van der Waals surface area (Å²) < 4.78 is 10.5. The maximum Gasteiger partial charge on any atom is 0.306 e. The van der Waals surface area contributed by atoms with E-state index in [0.717, 1.165) is 38.0 Å². The molecule has 0 aromatic heterocycles. The lowest BCUT2D eigenvalue weighted by atomic mass is 10.0. The molecule has 0 bridgehead atoms. The van der Waals surface area contributed by atoms with Crippen LogP contribution in [-0.2, 0) is 19.1 Å². The number of rotatable bonds is 30. The average Bonchev–Trinajstić information content (AvgIpc) is 2.92. The number of esters is 2.